The first kappa shape index (κ1) is 30.9. The van der Waals surface area contributed by atoms with Crippen molar-refractivity contribution in [2.24, 2.45) is 5.92 Å². The molecule has 3 atom stereocenters. The minimum atomic E-state index is -1.10. The van der Waals surface area contributed by atoms with E-state index < -0.39 is 48.2 Å². The van der Waals surface area contributed by atoms with Crippen molar-refractivity contribution in [2.45, 2.75) is 72.1 Å². The Morgan fingerprint density at radius 3 is 2.25 bits per heavy atom. The molecule has 0 aromatic heterocycles. The molecule has 0 fully saturated rings. The third kappa shape index (κ3) is 10.2. The predicted octanol–water partition coefficient (Wildman–Crippen LogP) is 2.56. The molecule has 3 N–H and O–H groups in total. The molecule has 0 heterocycles. The lowest BCUT2D eigenvalue weighted by atomic mass is 9.95. The molecule has 1 aromatic carbocycles. The van der Waals surface area contributed by atoms with Crippen molar-refractivity contribution in [3.05, 3.63) is 35.9 Å². The first-order valence-electron chi connectivity index (χ1n) is 12.3. The van der Waals surface area contributed by atoms with E-state index in [0.717, 1.165) is 0 Å². The van der Waals surface area contributed by atoms with Crippen molar-refractivity contribution in [3.63, 3.8) is 0 Å². The van der Waals surface area contributed by atoms with Gasteiger partial charge in [-0.25, -0.2) is 4.79 Å². The molecule has 0 saturated heterocycles. The van der Waals surface area contributed by atoms with Crippen LogP contribution in [0.5, 0.6) is 0 Å². The quantitative estimate of drug-likeness (QED) is 0.349. The molecule has 202 valence electrons. The lowest BCUT2D eigenvalue weighted by Crippen LogP contribution is -2.55. The van der Waals surface area contributed by atoms with E-state index in [0.29, 0.717) is 12.0 Å². The Morgan fingerprint density at radius 2 is 1.72 bits per heavy atom. The van der Waals surface area contributed by atoms with Gasteiger partial charge in [0.1, 0.15) is 17.7 Å². The predicted molar refractivity (Wildman–Crippen MR) is 135 cm³/mol. The highest BCUT2D eigenvalue weighted by Crippen LogP contribution is 2.24. The third-order valence-electron chi connectivity index (χ3n) is 5.38. The van der Waals surface area contributed by atoms with E-state index in [-0.39, 0.29) is 32.0 Å². The van der Waals surface area contributed by atoms with Crippen molar-refractivity contribution in [1.29, 1.82) is 0 Å². The smallest absolute Gasteiger partial charge is 0.408 e. The SMILES string of the molecule is CCOC(=O)CCNC(=O)C(c1ccccc1)N(CCO)C(=O)C(NC(=O)OC(C)(C)C)C(C)CC. The average Bonchev–Trinajstić information content (AvgIpc) is 2.81. The van der Waals surface area contributed by atoms with Crippen LogP contribution in [0.15, 0.2) is 30.3 Å². The summed E-state index contributed by atoms with van der Waals surface area (Å²) in [7, 11) is 0. The summed E-state index contributed by atoms with van der Waals surface area (Å²) < 4.78 is 10.2. The normalized spacial score (nSPS) is 13.6. The number of ether oxygens (including phenoxy) is 2. The van der Waals surface area contributed by atoms with Gasteiger partial charge in [-0.3, -0.25) is 14.4 Å². The molecule has 1 aromatic rings. The summed E-state index contributed by atoms with van der Waals surface area (Å²) in [6.45, 7) is 10.3. The molecule has 0 radical (unpaired) electrons. The summed E-state index contributed by atoms with van der Waals surface area (Å²) in [5.41, 5.74) is -0.239. The molecule has 0 saturated carbocycles. The van der Waals surface area contributed by atoms with Crippen LogP contribution >= 0.6 is 0 Å². The summed E-state index contributed by atoms with van der Waals surface area (Å²) in [4.78, 5) is 52.6. The zero-order valence-corrected chi connectivity index (χ0v) is 22.2. The van der Waals surface area contributed by atoms with Crippen LogP contribution < -0.4 is 10.6 Å². The molecule has 0 bridgehead atoms. The number of aliphatic hydroxyl groups excluding tert-OH is 1. The van der Waals surface area contributed by atoms with Crippen LogP contribution in [0, 0.1) is 5.92 Å². The minimum Gasteiger partial charge on any atom is -0.466 e. The number of hydrogen-bond donors (Lipinski definition) is 3. The summed E-state index contributed by atoms with van der Waals surface area (Å²) in [6, 6.07) is 6.57. The second kappa shape index (κ2) is 15.1. The lowest BCUT2D eigenvalue weighted by molar-refractivity contribution is -0.145. The number of esters is 1. The Morgan fingerprint density at radius 1 is 1.08 bits per heavy atom. The molecule has 0 aliphatic carbocycles. The number of carbonyl (C=O) groups excluding carboxylic acids is 4. The standard InChI is InChI=1S/C26H41N3O7/c1-7-18(3)21(28-25(34)36-26(4,5)6)24(33)29(16-17-30)22(19-12-10-9-11-13-19)23(32)27-15-14-20(31)35-8-2/h9-13,18,21-22,30H,7-8,14-17H2,1-6H3,(H,27,32)(H,28,34). The fourth-order valence-corrected chi connectivity index (χ4v) is 3.50. The van der Waals surface area contributed by atoms with Crippen molar-refractivity contribution in [2.75, 3.05) is 26.3 Å². The zero-order chi connectivity index (χ0) is 27.3. The van der Waals surface area contributed by atoms with Gasteiger partial charge < -0.3 is 30.1 Å². The van der Waals surface area contributed by atoms with E-state index in [1.165, 1.54) is 4.90 Å². The van der Waals surface area contributed by atoms with E-state index in [2.05, 4.69) is 10.6 Å². The van der Waals surface area contributed by atoms with Crippen molar-refractivity contribution in [3.8, 4) is 0 Å². The molecule has 10 nitrogen and oxygen atoms in total. The van der Waals surface area contributed by atoms with Gasteiger partial charge in [0.25, 0.3) is 0 Å². The largest absolute Gasteiger partial charge is 0.466 e. The van der Waals surface area contributed by atoms with E-state index in [1.807, 2.05) is 13.8 Å². The average molecular weight is 508 g/mol. The van der Waals surface area contributed by atoms with Crippen LogP contribution in [-0.2, 0) is 23.9 Å². The third-order valence-corrected chi connectivity index (χ3v) is 5.38. The highest BCUT2D eigenvalue weighted by atomic mass is 16.6. The maximum absolute atomic E-state index is 13.8. The fourth-order valence-electron chi connectivity index (χ4n) is 3.50. The molecule has 3 unspecified atom stereocenters. The van der Waals surface area contributed by atoms with Gasteiger partial charge in [-0.05, 0) is 39.2 Å². The van der Waals surface area contributed by atoms with Gasteiger partial charge in [-0.2, -0.15) is 0 Å². The number of benzene rings is 1. The Hall–Kier alpha value is -3.14. The van der Waals surface area contributed by atoms with Gasteiger partial charge in [0.05, 0.1) is 19.6 Å². The molecule has 36 heavy (non-hydrogen) atoms. The Balaban J connectivity index is 3.29. The van der Waals surface area contributed by atoms with Crippen LogP contribution in [-0.4, -0.2) is 71.8 Å². The van der Waals surface area contributed by atoms with Crippen molar-refractivity contribution in [1.82, 2.24) is 15.5 Å². The first-order valence-corrected chi connectivity index (χ1v) is 12.3. The van der Waals surface area contributed by atoms with Crippen LogP contribution in [0.3, 0.4) is 0 Å². The highest BCUT2D eigenvalue weighted by Gasteiger charge is 2.37. The topological polar surface area (TPSA) is 134 Å². The number of hydrogen-bond acceptors (Lipinski definition) is 7. The summed E-state index contributed by atoms with van der Waals surface area (Å²) in [5, 5.41) is 15.1. The fraction of sp³-hybridized carbons (Fsp3) is 0.615. The van der Waals surface area contributed by atoms with Gasteiger partial charge in [-0.1, -0.05) is 50.6 Å². The van der Waals surface area contributed by atoms with Gasteiger partial charge >= 0.3 is 12.1 Å². The number of amides is 3. The maximum atomic E-state index is 13.8. The lowest BCUT2D eigenvalue weighted by Gasteiger charge is -2.35. The number of carbonyl (C=O) groups is 4. The van der Waals surface area contributed by atoms with Gasteiger partial charge in [0, 0.05) is 13.1 Å². The highest BCUT2D eigenvalue weighted by molar-refractivity contribution is 5.92. The van der Waals surface area contributed by atoms with Crippen LogP contribution in [0.4, 0.5) is 4.79 Å². The Bertz CT molecular complexity index is 855. The number of aliphatic hydroxyl groups is 1. The van der Waals surface area contributed by atoms with Crippen LogP contribution in [0.1, 0.15) is 66.0 Å². The van der Waals surface area contributed by atoms with Crippen molar-refractivity contribution < 1.29 is 33.8 Å². The van der Waals surface area contributed by atoms with E-state index in [9.17, 15) is 24.3 Å². The molecule has 0 spiro atoms. The molecular weight excluding hydrogens is 466 g/mol. The number of nitrogens with one attached hydrogen (secondary N) is 2. The van der Waals surface area contributed by atoms with Gasteiger partial charge in [-0.15, -0.1) is 0 Å². The summed E-state index contributed by atoms with van der Waals surface area (Å²) in [5.74, 6) is -1.78. The second-order valence-electron chi connectivity index (χ2n) is 9.42. The zero-order valence-electron chi connectivity index (χ0n) is 22.2. The number of rotatable bonds is 13. The van der Waals surface area contributed by atoms with Gasteiger partial charge in [0.2, 0.25) is 11.8 Å². The van der Waals surface area contributed by atoms with E-state index in [1.54, 1.807) is 58.0 Å². The molecule has 3 amide bonds. The molecule has 10 heteroatoms. The first-order chi connectivity index (χ1) is 16.9. The molecule has 1 rings (SSSR count). The maximum Gasteiger partial charge on any atom is 0.408 e. The Labute approximate surface area is 213 Å². The van der Waals surface area contributed by atoms with Crippen LogP contribution in [0.2, 0.25) is 0 Å². The van der Waals surface area contributed by atoms with E-state index in [4.69, 9.17) is 9.47 Å². The monoisotopic (exact) mass is 507 g/mol. The second-order valence-corrected chi connectivity index (χ2v) is 9.42. The summed E-state index contributed by atoms with van der Waals surface area (Å²) >= 11 is 0. The molecular formula is C26H41N3O7. The van der Waals surface area contributed by atoms with Crippen molar-refractivity contribution >= 4 is 23.9 Å². The molecule has 0 aliphatic heterocycles. The number of alkyl carbamates (subject to hydrolysis) is 1. The Kier molecular flexibility index (Phi) is 12.9. The van der Waals surface area contributed by atoms with Gasteiger partial charge in [0.15, 0.2) is 0 Å². The minimum absolute atomic E-state index is 0.0209. The van der Waals surface area contributed by atoms with Crippen LogP contribution in [0.25, 0.3) is 0 Å². The molecule has 0 aliphatic rings. The summed E-state index contributed by atoms with van der Waals surface area (Å²) in [6.07, 6.45) is -0.203. The van der Waals surface area contributed by atoms with E-state index >= 15 is 0 Å². The number of nitrogens with zero attached hydrogens (tertiary/aromatic N) is 1.